The minimum absolute atomic E-state index is 0.0926. The Balaban J connectivity index is 2.04. The van der Waals surface area contributed by atoms with Crippen molar-refractivity contribution in [3.05, 3.63) is 17.8 Å². The van der Waals surface area contributed by atoms with E-state index in [1.807, 2.05) is 19.1 Å². The van der Waals surface area contributed by atoms with Crippen LogP contribution in [0.2, 0.25) is 0 Å². The molecule has 1 aliphatic heterocycles. The lowest BCUT2D eigenvalue weighted by Crippen LogP contribution is -2.27. The number of aryl methyl sites for hydroxylation is 1. The largest absolute Gasteiger partial charge is 0.351 e. The molecule has 2 aliphatic rings. The lowest BCUT2D eigenvalue weighted by Gasteiger charge is -2.22. The van der Waals surface area contributed by atoms with Gasteiger partial charge >= 0.3 is 0 Å². The predicted molar refractivity (Wildman–Crippen MR) is 62.6 cm³/mol. The predicted octanol–water partition coefficient (Wildman–Crippen LogP) is 1.70. The van der Waals surface area contributed by atoms with Gasteiger partial charge in [-0.3, -0.25) is 4.79 Å². The molecule has 3 rings (SSSR count). The molecule has 0 bridgehead atoms. The summed E-state index contributed by atoms with van der Waals surface area (Å²) in [5.41, 5.74) is 1.86. The molecule has 4 nitrogen and oxygen atoms in total. The average molecular weight is 217 g/mol. The van der Waals surface area contributed by atoms with Crippen LogP contribution in [0.3, 0.4) is 0 Å². The Morgan fingerprint density at radius 2 is 2.25 bits per heavy atom. The van der Waals surface area contributed by atoms with Gasteiger partial charge in [0.1, 0.15) is 0 Å². The number of aromatic nitrogens is 1. The lowest BCUT2D eigenvalue weighted by molar-refractivity contribution is -0.115. The summed E-state index contributed by atoms with van der Waals surface area (Å²) >= 11 is 0. The Morgan fingerprint density at radius 3 is 3.00 bits per heavy atom. The molecule has 1 aromatic rings. The van der Waals surface area contributed by atoms with Gasteiger partial charge in [-0.05, 0) is 31.9 Å². The van der Waals surface area contributed by atoms with E-state index < -0.39 is 0 Å². The highest BCUT2D eigenvalue weighted by Gasteiger charge is 2.33. The van der Waals surface area contributed by atoms with Crippen LogP contribution in [-0.2, 0) is 4.79 Å². The molecule has 1 aromatic heterocycles. The zero-order chi connectivity index (χ0) is 11.1. The maximum Gasteiger partial charge on any atom is 0.226 e. The maximum atomic E-state index is 11.6. The number of nitrogens with zero attached hydrogens (tertiary/aromatic N) is 2. The first-order valence-corrected chi connectivity index (χ1v) is 5.78. The summed E-state index contributed by atoms with van der Waals surface area (Å²) in [5.74, 6) is 1.04. The monoisotopic (exact) mass is 217 g/mol. The third-order valence-corrected chi connectivity index (χ3v) is 3.13. The van der Waals surface area contributed by atoms with Crippen LogP contribution in [0.25, 0.3) is 0 Å². The molecule has 1 amide bonds. The molecular weight excluding hydrogens is 202 g/mol. The van der Waals surface area contributed by atoms with Crippen LogP contribution < -0.4 is 10.2 Å². The van der Waals surface area contributed by atoms with Gasteiger partial charge in [-0.15, -0.1) is 0 Å². The number of amides is 1. The fourth-order valence-electron chi connectivity index (χ4n) is 2.14. The molecule has 1 saturated carbocycles. The van der Waals surface area contributed by atoms with Crippen LogP contribution in [0.15, 0.2) is 12.1 Å². The van der Waals surface area contributed by atoms with Crippen molar-refractivity contribution < 1.29 is 4.79 Å². The Hall–Kier alpha value is -1.58. The lowest BCUT2D eigenvalue weighted by atomic mass is 10.3. The van der Waals surface area contributed by atoms with Crippen LogP contribution >= 0.6 is 0 Å². The SMILES string of the molecule is Cc1ccc2c(n1)N(C1CC1)CCC(=O)N2. The molecule has 1 N–H and O–H groups in total. The molecule has 4 heteroatoms. The standard InChI is InChI=1S/C12H15N3O/c1-8-2-5-10-12(13-8)15(9-3-4-9)7-6-11(16)14-10/h2,5,9H,3-4,6-7H2,1H3,(H,14,16). The van der Waals surface area contributed by atoms with Crippen LogP contribution in [-0.4, -0.2) is 23.5 Å². The van der Waals surface area contributed by atoms with Gasteiger partial charge in [-0.25, -0.2) is 4.98 Å². The summed E-state index contributed by atoms with van der Waals surface area (Å²) in [6.07, 6.45) is 3.01. The van der Waals surface area contributed by atoms with Gasteiger partial charge in [-0.1, -0.05) is 0 Å². The first kappa shape index (κ1) is 9.63. The minimum Gasteiger partial charge on any atom is -0.351 e. The minimum atomic E-state index is 0.0926. The van der Waals surface area contributed by atoms with E-state index in [-0.39, 0.29) is 5.91 Å². The molecule has 16 heavy (non-hydrogen) atoms. The fraction of sp³-hybridized carbons (Fsp3) is 0.500. The molecule has 84 valence electrons. The summed E-state index contributed by atoms with van der Waals surface area (Å²) in [5, 5.41) is 2.92. The number of pyridine rings is 1. The topological polar surface area (TPSA) is 45.2 Å². The Morgan fingerprint density at radius 1 is 1.44 bits per heavy atom. The summed E-state index contributed by atoms with van der Waals surface area (Å²) in [7, 11) is 0. The molecule has 0 spiro atoms. The highest BCUT2D eigenvalue weighted by atomic mass is 16.1. The number of hydrogen-bond acceptors (Lipinski definition) is 3. The number of hydrogen-bond donors (Lipinski definition) is 1. The molecular formula is C12H15N3O. The third-order valence-electron chi connectivity index (χ3n) is 3.13. The van der Waals surface area contributed by atoms with Gasteiger partial charge < -0.3 is 10.2 Å². The molecule has 1 fully saturated rings. The molecule has 1 aliphatic carbocycles. The number of anilines is 2. The van der Waals surface area contributed by atoms with E-state index in [1.165, 1.54) is 12.8 Å². The van der Waals surface area contributed by atoms with E-state index in [9.17, 15) is 4.79 Å². The van der Waals surface area contributed by atoms with Gasteiger partial charge in [0.05, 0.1) is 5.69 Å². The smallest absolute Gasteiger partial charge is 0.226 e. The first-order chi connectivity index (χ1) is 7.74. The van der Waals surface area contributed by atoms with Crippen molar-refractivity contribution in [1.29, 1.82) is 0 Å². The van der Waals surface area contributed by atoms with E-state index in [0.29, 0.717) is 12.5 Å². The summed E-state index contributed by atoms with van der Waals surface area (Å²) in [4.78, 5) is 18.4. The van der Waals surface area contributed by atoms with Crippen molar-refractivity contribution >= 4 is 17.4 Å². The van der Waals surface area contributed by atoms with Gasteiger partial charge in [0.15, 0.2) is 5.82 Å². The van der Waals surface area contributed by atoms with Gasteiger partial charge in [0.2, 0.25) is 5.91 Å². The quantitative estimate of drug-likeness (QED) is 0.778. The van der Waals surface area contributed by atoms with Crippen LogP contribution in [0.1, 0.15) is 25.0 Å². The maximum absolute atomic E-state index is 11.6. The van der Waals surface area contributed by atoms with Crippen molar-refractivity contribution in [1.82, 2.24) is 4.98 Å². The molecule has 0 aromatic carbocycles. The van der Waals surface area contributed by atoms with Crippen LogP contribution in [0.5, 0.6) is 0 Å². The van der Waals surface area contributed by atoms with Crippen molar-refractivity contribution in [2.75, 3.05) is 16.8 Å². The molecule has 0 radical (unpaired) electrons. The first-order valence-electron chi connectivity index (χ1n) is 5.78. The zero-order valence-electron chi connectivity index (χ0n) is 9.36. The molecule has 0 atom stereocenters. The number of nitrogens with one attached hydrogen (secondary N) is 1. The second-order valence-corrected chi connectivity index (χ2v) is 4.55. The van der Waals surface area contributed by atoms with Crippen LogP contribution in [0.4, 0.5) is 11.5 Å². The number of carbonyl (C=O) groups is 1. The fourth-order valence-corrected chi connectivity index (χ4v) is 2.14. The Labute approximate surface area is 94.7 Å². The second-order valence-electron chi connectivity index (χ2n) is 4.55. The number of rotatable bonds is 1. The molecule has 0 saturated heterocycles. The van der Waals surface area contributed by atoms with Gasteiger partial charge in [-0.2, -0.15) is 0 Å². The molecule has 2 heterocycles. The van der Waals surface area contributed by atoms with E-state index >= 15 is 0 Å². The summed E-state index contributed by atoms with van der Waals surface area (Å²) < 4.78 is 0. The average Bonchev–Trinajstić information content (AvgIpc) is 3.05. The van der Waals surface area contributed by atoms with Crippen LogP contribution in [0, 0.1) is 6.92 Å². The van der Waals surface area contributed by atoms with E-state index in [2.05, 4.69) is 15.2 Å². The normalized spacial score (nSPS) is 20.1. The number of fused-ring (bicyclic) bond motifs is 1. The van der Waals surface area contributed by atoms with Crippen molar-refractivity contribution in [2.24, 2.45) is 0 Å². The van der Waals surface area contributed by atoms with Crippen molar-refractivity contribution in [2.45, 2.75) is 32.2 Å². The zero-order valence-corrected chi connectivity index (χ0v) is 9.36. The summed E-state index contributed by atoms with van der Waals surface area (Å²) in [6, 6.07) is 4.49. The van der Waals surface area contributed by atoms with Crippen molar-refractivity contribution in [3.8, 4) is 0 Å². The van der Waals surface area contributed by atoms with E-state index in [1.54, 1.807) is 0 Å². The summed E-state index contributed by atoms with van der Waals surface area (Å²) in [6.45, 7) is 2.78. The Kier molecular flexibility index (Phi) is 2.09. The second kappa shape index (κ2) is 3.47. The van der Waals surface area contributed by atoms with Gasteiger partial charge in [0.25, 0.3) is 0 Å². The Bertz CT molecular complexity index is 440. The third kappa shape index (κ3) is 1.64. The number of carbonyl (C=O) groups excluding carboxylic acids is 1. The molecule has 0 unspecified atom stereocenters. The van der Waals surface area contributed by atoms with E-state index in [0.717, 1.165) is 23.7 Å². The highest BCUT2D eigenvalue weighted by Crippen LogP contribution is 2.36. The highest BCUT2D eigenvalue weighted by molar-refractivity contribution is 5.95. The van der Waals surface area contributed by atoms with Gasteiger partial charge in [0, 0.05) is 24.7 Å². The van der Waals surface area contributed by atoms with E-state index in [4.69, 9.17) is 0 Å². The van der Waals surface area contributed by atoms with Crippen molar-refractivity contribution in [3.63, 3.8) is 0 Å².